The number of rotatable bonds is 9. The molecular weight excluding hydrogens is 389 g/mol. The van der Waals surface area contributed by atoms with Gasteiger partial charge in [-0.3, -0.25) is 4.79 Å². The van der Waals surface area contributed by atoms with Gasteiger partial charge in [0.25, 0.3) is 0 Å². The van der Waals surface area contributed by atoms with Crippen LogP contribution in [0.15, 0.2) is 53.4 Å². The predicted octanol–water partition coefficient (Wildman–Crippen LogP) is 6.03. The lowest BCUT2D eigenvalue weighted by molar-refractivity contribution is -0.117. The summed E-state index contributed by atoms with van der Waals surface area (Å²) in [6.07, 6.45) is 16.5. The normalized spacial score (nSPS) is 23.3. The number of alkyl halides is 1. The maximum atomic E-state index is 13.1. The number of carbonyl (C=O) groups is 1. The molecule has 1 aromatic heterocycles. The van der Waals surface area contributed by atoms with Gasteiger partial charge in [-0.05, 0) is 67.5 Å². The lowest BCUT2D eigenvalue weighted by atomic mass is 9.92. The second-order valence-electron chi connectivity index (χ2n) is 8.51. The molecule has 0 saturated heterocycles. The van der Waals surface area contributed by atoms with Crippen molar-refractivity contribution in [2.24, 2.45) is 5.92 Å². The molecule has 31 heavy (non-hydrogen) atoms. The van der Waals surface area contributed by atoms with Crippen molar-refractivity contribution in [1.29, 1.82) is 0 Å². The van der Waals surface area contributed by atoms with Crippen molar-refractivity contribution in [1.82, 2.24) is 10.3 Å². The lowest BCUT2D eigenvalue weighted by Crippen LogP contribution is -2.26. The van der Waals surface area contributed by atoms with E-state index in [1.54, 1.807) is 6.20 Å². The van der Waals surface area contributed by atoms with E-state index in [0.717, 1.165) is 29.5 Å². The van der Waals surface area contributed by atoms with Gasteiger partial charge in [-0.2, -0.15) is 0 Å². The van der Waals surface area contributed by atoms with E-state index in [4.69, 9.17) is 0 Å². The number of dihydropyridines is 1. The first-order valence-corrected chi connectivity index (χ1v) is 11.4. The zero-order valence-electron chi connectivity index (χ0n) is 19.0. The molecule has 0 bridgehead atoms. The highest BCUT2D eigenvalue weighted by atomic mass is 19.1. The van der Waals surface area contributed by atoms with Gasteiger partial charge in [0.1, 0.15) is 12.0 Å². The molecule has 5 heteroatoms. The summed E-state index contributed by atoms with van der Waals surface area (Å²) in [4.78, 5) is 16.4. The highest BCUT2D eigenvalue weighted by Crippen LogP contribution is 2.34. The summed E-state index contributed by atoms with van der Waals surface area (Å²) in [5.74, 6) is -0.335. The number of unbranched alkanes of at least 4 members (excludes halogenated alkanes) is 1. The largest absolute Gasteiger partial charge is 0.384 e. The molecule has 1 saturated carbocycles. The minimum absolute atomic E-state index is 0.286. The molecular formula is C26H34FN3O. The zero-order chi connectivity index (χ0) is 22.4. The van der Waals surface area contributed by atoms with Crippen molar-refractivity contribution in [2.75, 3.05) is 5.32 Å². The summed E-state index contributed by atoms with van der Waals surface area (Å²) >= 11 is 0. The fourth-order valence-corrected chi connectivity index (χ4v) is 3.71. The number of nitrogens with one attached hydrogen (secondary N) is 2. The Kier molecular flexibility index (Phi) is 7.83. The standard InChI is InChI=1S/C26H34FN3O/c1-5-7-9-19(23-16-28-21(10-8-6-2)11-18(23)4)13-20-15-29-25(12-17(20)3)30-26(31)22-14-24(22)27/h7,9,11-13,15-16,21-22,24,28H,5-6,8,10,14H2,1-4H3,(H,29,30,31)/b9-7+,19-13+. The minimum atomic E-state index is -1.01. The fraction of sp³-hybridized carbons (Fsp3) is 0.462. The number of pyridine rings is 1. The monoisotopic (exact) mass is 423 g/mol. The van der Waals surface area contributed by atoms with Gasteiger partial charge in [-0.1, -0.05) is 44.9 Å². The molecule has 0 aromatic carbocycles. The summed E-state index contributed by atoms with van der Waals surface area (Å²) in [5.41, 5.74) is 5.57. The van der Waals surface area contributed by atoms with E-state index in [2.05, 4.69) is 66.9 Å². The molecule has 1 aliphatic heterocycles. The Morgan fingerprint density at radius 3 is 2.74 bits per heavy atom. The summed E-state index contributed by atoms with van der Waals surface area (Å²) in [7, 11) is 0. The third kappa shape index (κ3) is 6.16. The molecule has 1 aliphatic carbocycles. The van der Waals surface area contributed by atoms with Crippen LogP contribution in [0.3, 0.4) is 0 Å². The van der Waals surface area contributed by atoms with E-state index in [1.807, 2.05) is 13.0 Å². The molecule has 1 amide bonds. The zero-order valence-corrected chi connectivity index (χ0v) is 19.0. The highest BCUT2D eigenvalue weighted by Gasteiger charge is 2.43. The van der Waals surface area contributed by atoms with Gasteiger partial charge in [-0.15, -0.1) is 0 Å². The number of nitrogens with zero attached hydrogens (tertiary/aromatic N) is 1. The van der Waals surface area contributed by atoms with Crippen LogP contribution < -0.4 is 10.6 Å². The van der Waals surface area contributed by atoms with Crippen LogP contribution in [0.25, 0.3) is 6.08 Å². The number of allylic oxidation sites excluding steroid dienone is 5. The lowest BCUT2D eigenvalue weighted by Gasteiger charge is -2.23. The Hall–Kier alpha value is -2.69. The van der Waals surface area contributed by atoms with Crippen molar-refractivity contribution < 1.29 is 9.18 Å². The van der Waals surface area contributed by atoms with E-state index >= 15 is 0 Å². The molecule has 1 fully saturated rings. The van der Waals surface area contributed by atoms with Crippen LogP contribution >= 0.6 is 0 Å². The first-order chi connectivity index (χ1) is 14.9. The van der Waals surface area contributed by atoms with Crippen molar-refractivity contribution in [3.05, 3.63) is 64.5 Å². The molecule has 2 aliphatic rings. The molecule has 0 radical (unpaired) electrons. The Bertz CT molecular complexity index is 929. The Morgan fingerprint density at radius 2 is 2.13 bits per heavy atom. The quantitative estimate of drug-likeness (QED) is 0.477. The number of amides is 1. The Morgan fingerprint density at radius 1 is 1.35 bits per heavy atom. The Labute approximate surface area is 185 Å². The molecule has 4 nitrogen and oxygen atoms in total. The van der Waals surface area contributed by atoms with Crippen molar-refractivity contribution in [3.63, 3.8) is 0 Å². The van der Waals surface area contributed by atoms with Gasteiger partial charge >= 0.3 is 0 Å². The molecule has 2 N–H and O–H groups in total. The highest BCUT2D eigenvalue weighted by molar-refractivity contribution is 5.94. The van der Waals surface area contributed by atoms with Crippen molar-refractivity contribution >= 4 is 17.8 Å². The number of hydrogen-bond acceptors (Lipinski definition) is 3. The molecule has 3 rings (SSSR count). The molecule has 1 aromatic rings. The molecule has 166 valence electrons. The number of hydrogen-bond donors (Lipinski definition) is 2. The molecule has 3 atom stereocenters. The second-order valence-corrected chi connectivity index (χ2v) is 8.51. The molecule has 0 spiro atoms. The first-order valence-electron chi connectivity index (χ1n) is 11.4. The van der Waals surface area contributed by atoms with Gasteiger partial charge in [0.15, 0.2) is 0 Å². The van der Waals surface area contributed by atoms with Crippen LogP contribution in [-0.4, -0.2) is 23.1 Å². The summed E-state index contributed by atoms with van der Waals surface area (Å²) in [5, 5.41) is 6.26. The van der Waals surface area contributed by atoms with Gasteiger partial charge in [0.2, 0.25) is 5.91 Å². The van der Waals surface area contributed by atoms with Gasteiger partial charge in [-0.25, -0.2) is 9.37 Å². The van der Waals surface area contributed by atoms with E-state index in [9.17, 15) is 9.18 Å². The number of carbonyl (C=O) groups excluding carboxylic acids is 1. The van der Waals surface area contributed by atoms with Crippen LogP contribution in [0.4, 0.5) is 10.2 Å². The number of anilines is 1. The van der Waals surface area contributed by atoms with Crippen LogP contribution in [0.1, 0.15) is 64.0 Å². The molecule has 3 unspecified atom stereocenters. The SMILES string of the molecule is CC/C=C/C(=C\c1cnc(NC(=O)C2CC2F)cc1C)C1=CNC(CCCC)C=C1C. The van der Waals surface area contributed by atoms with Gasteiger partial charge in [0, 0.05) is 24.0 Å². The third-order valence-electron chi connectivity index (χ3n) is 5.79. The number of aromatic nitrogens is 1. The summed E-state index contributed by atoms with van der Waals surface area (Å²) in [6.45, 7) is 8.50. The van der Waals surface area contributed by atoms with E-state index < -0.39 is 12.1 Å². The van der Waals surface area contributed by atoms with E-state index in [1.165, 1.54) is 24.0 Å². The average molecular weight is 424 g/mol. The summed E-state index contributed by atoms with van der Waals surface area (Å²) in [6, 6.07) is 2.24. The fourth-order valence-electron chi connectivity index (χ4n) is 3.71. The van der Waals surface area contributed by atoms with E-state index in [-0.39, 0.29) is 5.91 Å². The first kappa shape index (κ1) is 23.0. The van der Waals surface area contributed by atoms with Crippen LogP contribution in [0, 0.1) is 12.8 Å². The summed E-state index contributed by atoms with van der Waals surface area (Å²) < 4.78 is 13.1. The second kappa shape index (κ2) is 10.6. The minimum Gasteiger partial charge on any atom is -0.384 e. The van der Waals surface area contributed by atoms with Gasteiger partial charge in [0.05, 0.1) is 5.92 Å². The Balaban J connectivity index is 1.80. The predicted molar refractivity (Wildman–Crippen MR) is 126 cm³/mol. The average Bonchev–Trinajstić information content (AvgIpc) is 3.48. The van der Waals surface area contributed by atoms with Crippen molar-refractivity contribution in [2.45, 2.75) is 72.0 Å². The maximum absolute atomic E-state index is 13.1. The van der Waals surface area contributed by atoms with Crippen molar-refractivity contribution in [3.8, 4) is 0 Å². The van der Waals surface area contributed by atoms with Crippen LogP contribution in [0.5, 0.6) is 0 Å². The van der Waals surface area contributed by atoms with Crippen LogP contribution in [-0.2, 0) is 4.79 Å². The molecule has 2 heterocycles. The van der Waals surface area contributed by atoms with E-state index in [0.29, 0.717) is 18.3 Å². The smallest absolute Gasteiger partial charge is 0.231 e. The van der Waals surface area contributed by atoms with Gasteiger partial charge < -0.3 is 10.6 Å². The number of aryl methyl sites for hydroxylation is 1. The topological polar surface area (TPSA) is 54.0 Å². The number of halogens is 1. The maximum Gasteiger partial charge on any atom is 0.231 e. The third-order valence-corrected chi connectivity index (χ3v) is 5.79. The van der Waals surface area contributed by atoms with Crippen LogP contribution in [0.2, 0.25) is 0 Å².